The van der Waals surface area contributed by atoms with E-state index in [1.165, 1.54) is 17.0 Å². The Bertz CT molecular complexity index is 476. The molecule has 0 unspecified atom stereocenters. The lowest BCUT2D eigenvalue weighted by Crippen LogP contribution is -2.38. The molecule has 0 saturated carbocycles. The molecule has 0 aliphatic carbocycles. The summed E-state index contributed by atoms with van der Waals surface area (Å²) in [5.74, 6) is -0.529. The van der Waals surface area contributed by atoms with Crippen molar-refractivity contribution in [2.24, 2.45) is 0 Å². The first-order valence-corrected chi connectivity index (χ1v) is 5.28. The molecule has 90 valence electrons. The van der Waals surface area contributed by atoms with E-state index in [1.54, 1.807) is 0 Å². The molecule has 0 bridgehead atoms. The molecular weight excluding hydrogens is 224 g/mol. The van der Waals surface area contributed by atoms with Crippen LogP contribution in [-0.2, 0) is 4.79 Å². The van der Waals surface area contributed by atoms with E-state index in [4.69, 9.17) is 0 Å². The van der Waals surface area contributed by atoms with Gasteiger partial charge in [-0.05, 0) is 12.5 Å². The Morgan fingerprint density at radius 1 is 1.35 bits per heavy atom. The molecule has 2 rings (SSSR count). The van der Waals surface area contributed by atoms with Gasteiger partial charge in [-0.3, -0.25) is 14.4 Å². The summed E-state index contributed by atoms with van der Waals surface area (Å²) in [4.78, 5) is 35.5. The predicted octanol–water partition coefficient (Wildman–Crippen LogP) is -1.27. The van der Waals surface area contributed by atoms with Crippen molar-refractivity contribution in [3.63, 3.8) is 0 Å². The zero-order valence-electron chi connectivity index (χ0n) is 9.10. The minimum atomic E-state index is -0.366. The smallest absolute Gasteiger partial charge is 0.274 e. The molecule has 0 atom stereocenters. The predicted molar refractivity (Wildman–Crippen MR) is 58.4 cm³/mol. The lowest BCUT2D eigenvalue weighted by molar-refractivity contribution is -0.121. The number of hydrogen-bond acceptors (Lipinski definition) is 4. The Balaban J connectivity index is 2.15. The van der Waals surface area contributed by atoms with Crippen LogP contribution in [0.4, 0.5) is 0 Å². The van der Waals surface area contributed by atoms with Crippen molar-refractivity contribution in [1.82, 2.24) is 20.4 Å². The van der Waals surface area contributed by atoms with Crippen molar-refractivity contribution in [1.29, 1.82) is 0 Å². The summed E-state index contributed by atoms with van der Waals surface area (Å²) < 4.78 is 0. The molecule has 1 aliphatic rings. The molecule has 1 aromatic heterocycles. The Labute approximate surface area is 96.8 Å². The topological polar surface area (TPSA) is 95.2 Å². The number of rotatable bonds is 1. The van der Waals surface area contributed by atoms with Crippen LogP contribution in [0.15, 0.2) is 16.9 Å². The van der Waals surface area contributed by atoms with Gasteiger partial charge in [0.15, 0.2) is 0 Å². The zero-order valence-corrected chi connectivity index (χ0v) is 9.10. The maximum atomic E-state index is 12.0. The fourth-order valence-electron chi connectivity index (χ4n) is 1.60. The maximum Gasteiger partial charge on any atom is 0.274 e. The highest BCUT2D eigenvalue weighted by Crippen LogP contribution is 2.02. The van der Waals surface area contributed by atoms with Crippen LogP contribution in [0.1, 0.15) is 16.9 Å². The first kappa shape index (κ1) is 11.3. The molecule has 0 radical (unpaired) electrons. The molecule has 1 fully saturated rings. The highest BCUT2D eigenvalue weighted by molar-refractivity contribution is 5.94. The van der Waals surface area contributed by atoms with Crippen molar-refractivity contribution in [3.8, 4) is 0 Å². The molecule has 2 amide bonds. The summed E-state index contributed by atoms with van der Waals surface area (Å²) in [5, 5.41) is 8.52. The molecule has 2 heterocycles. The van der Waals surface area contributed by atoms with E-state index in [0.717, 1.165) is 0 Å². The number of carbonyl (C=O) groups excluding carboxylic acids is 2. The summed E-state index contributed by atoms with van der Waals surface area (Å²) in [6.07, 6.45) is 0.709. The normalized spacial score (nSPS) is 16.2. The Kier molecular flexibility index (Phi) is 3.17. The fourth-order valence-corrected chi connectivity index (χ4v) is 1.60. The van der Waals surface area contributed by atoms with Crippen molar-refractivity contribution in [2.75, 3.05) is 19.6 Å². The van der Waals surface area contributed by atoms with Gasteiger partial charge in [0.2, 0.25) is 5.91 Å². The Hall–Kier alpha value is -2.18. The van der Waals surface area contributed by atoms with Crippen LogP contribution in [0.2, 0.25) is 0 Å². The molecule has 7 nitrogen and oxygen atoms in total. The summed E-state index contributed by atoms with van der Waals surface area (Å²) in [7, 11) is 0. The molecule has 0 aromatic carbocycles. The van der Waals surface area contributed by atoms with Crippen molar-refractivity contribution in [3.05, 3.63) is 28.2 Å². The van der Waals surface area contributed by atoms with Gasteiger partial charge in [-0.2, -0.15) is 5.10 Å². The quantitative estimate of drug-likeness (QED) is 0.635. The lowest BCUT2D eigenvalue weighted by Gasteiger charge is -2.17. The van der Waals surface area contributed by atoms with Crippen molar-refractivity contribution < 1.29 is 9.59 Å². The lowest BCUT2D eigenvalue weighted by atomic mass is 10.3. The largest absolute Gasteiger partial charge is 0.354 e. The van der Waals surface area contributed by atoms with Crippen LogP contribution in [0, 0.1) is 0 Å². The molecule has 1 aliphatic heterocycles. The number of nitrogens with one attached hydrogen (secondary N) is 2. The van der Waals surface area contributed by atoms with Gasteiger partial charge in [0, 0.05) is 19.2 Å². The number of hydrogen-bond donors (Lipinski definition) is 2. The molecule has 1 saturated heterocycles. The molecule has 0 spiro atoms. The van der Waals surface area contributed by atoms with E-state index >= 15 is 0 Å². The Morgan fingerprint density at radius 3 is 2.88 bits per heavy atom. The van der Waals surface area contributed by atoms with E-state index < -0.39 is 0 Å². The first-order valence-electron chi connectivity index (χ1n) is 5.28. The van der Waals surface area contributed by atoms with Gasteiger partial charge in [-0.25, -0.2) is 5.10 Å². The van der Waals surface area contributed by atoms with E-state index in [0.29, 0.717) is 19.5 Å². The van der Waals surface area contributed by atoms with Crippen LogP contribution >= 0.6 is 0 Å². The number of carbonyl (C=O) groups is 2. The van der Waals surface area contributed by atoms with E-state index in [1.807, 2.05) is 0 Å². The second kappa shape index (κ2) is 4.77. The van der Waals surface area contributed by atoms with Gasteiger partial charge in [0.05, 0.1) is 6.54 Å². The maximum absolute atomic E-state index is 12.0. The molecule has 2 N–H and O–H groups in total. The average Bonchev–Trinajstić information content (AvgIpc) is 2.54. The average molecular weight is 236 g/mol. The first-order chi connectivity index (χ1) is 8.16. The summed E-state index contributed by atoms with van der Waals surface area (Å²) in [5.41, 5.74) is -0.227. The minimum absolute atomic E-state index is 0.0274. The summed E-state index contributed by atoms with van der Waals surface area (Å²) in [6.45, 7) is 1.10. The third kappa shape index (κ3) is 2.68. The number of aromatic amines is 1. The van der Waals surface area contributed by atoms with E-state index in [-0.39, 0.29) is 29.6 Å². The third-order valence-electron chi connectivity index (χ3n) is 2.45. The standard InChI is InChI=1S/C10H12N4O3/c15-8-3-2-7(12-13-8)10(17)14-5-1-4-11-9(16)6-14/h2-3H,1,4-6H2,(H,11,16)(H,13,15). The summed E-state index contributed by atoms with van der Waals surface area (Å²) >= 11 is 0. The van der Waals surface area contributed by atoms with Gasteiger partial charge >= 0.3 is 0 Å². The molecule has 17 heavy (non-hydrogen) atoms. The van der Waals surface area contributed by atoms with E-state index in [9.17, 15) is 14.4 Å². The van der Waals surface area contributed by atoms with Gasteiger partial charge in [-0.1, -0.05) is 0 Å². The molecule has 7 heteroatoms. The highest BCUT2D eigenvalue weighted by atomic mass is 16.2. The Morgan fingerprint density at radius 2 is 2.18 bits per heavy atom. The van der Waals surface area contributed by atoms with Crippen LogP contribution in [-0.4, -0.2) is 46.5 Å². The third-order valence-corrected chi connectivity index (χ3v) is 2.45. The number of amides is 2. The van der Waals surface area contributed by atoms with Gasteiger partial charge < -0.3 is 10.2 Å². The van der Waals surface area contributed by atoms with Crippen LogP contribution in [0.5, 0.6) is 0 Å². The van der Waals surface area contributed by atoms with Gasteiger partial charge in [0.1, 0.15) is 5.69 Å². The monoisotopic (exact) mass is 236 g/mol. The number of aromatic nitrogens is 2. The highest BCUT2D eigenvalue weighted by Gasteiger charge is 2.21. The second-order valence-corrected chi connectivity index (χ2v) is 3.74. The zero-order chi connectivity index (χ0) is 12.3. The van der Waals surface area contributed by atoms with Gasteiger partial charge in [-0.15, -0.1) is 0 Å². The van der Waals surface area contributed by atoms with Crippen LogP contribution in [0.25, 0.3) is 0 Å². The summed E-state index contributed by atoms with van der Waals surface area (Å²) in [6, 6.07) is 2.59. The second-order valence-electron chi connectivity index (χ2n) is 3.74. The van der Waals surface area contributed by atoms with E-state index in [2.05, 4.69) is 15.5 Å². The van der Waals surface area contributed by atoms with Gasteiger partial charge in [0.25, 0.3) is 11.5 Å². The molecule has 1 aromatic rings. The SMILES string of the molecule is O=C1CN(C(=O)c2ccc(=O)[nH]n2)CCCN1. The number of nitrogens with zero attached hydrogens (tertiary/aromatic N) is 2. The fraction of sp³-hybridized carbons (Fsp3) is 0.400. The van der Waals surface area contributed by atoms with Crippen molar-refractivity contribution >= 4 is 11.8 Å². The molecular formula is C10H12N4O3. The minimum Gasteiger partial charge on any atom is -0.354 e. The van der Waals surface area contributed by atoms with Crippen LogP contribution < -0.4 is 10.9 Å². The van der Waals surface area contributed by atoms with Crippen LogP contribution in [0.3, 0.4) is 0 Å². The number of H-pyrrole nitrogens is 1. The van der Waals surface area contributed by atoms with Crippen molar-refractivity contribution in [2.45, 2.75) is 6.42 Å².